The highest BCUT2D eigenvalue weighted by Crippen LogP contribution is 2.34. The number of ketones is 1. The first-order valence-corrected chi connectivity index (χ1v) is 34.9. The van der Waals surface area contributed by atoms with Gasteiger partial charge in [-0.15, -0.1) is 0 Å². The topological polar surface area (TPSA) is 39.4 Å². The Morgan fingerprint density at radius 2 is 0.646 bits per heavy atom. The second kappa shape index (κ2) is 38.3. The number of furan rings is 1. The second-order valence-corrected chi connectivity index (χ2v) is 27.1. The number of halogens is 1. The predicted octanol–water partition coefficient (Wildman–Crippen LogP) is 28.2. The van der Waals surface area contributed by atoms with Crippen molar-refractivity contribution < 1.29 is 13.9 Å². The Morgan fingerprint density at radius 1 is 0.292 bits per heavy atom. The molecule has 0 aliphatic rings. The normalized spacial score (nSPS) is 10.7. The van der Waals surface area contributed by atoms with Gasteiger partial charge >= 0.3 is 0 Å². The first-order chi connectivity index (χ1) is 46.3. The fraction of sp³-hybridized carbons (Fsp3) is 0.228. The van der Waals surface area contributed by atoms with Crippen LogP contribution in [0.1, 0.15) is 193 Å². The van der Waals surface area contributed by atoms with Crippen LogP contribution in [0.3, 0.4) is 0 Å². The molecule has 0 fully saturated rings. The average Bonchev–Trinajstić information content (AvgIpc) is 1.59. The van der Waals surface area contributed by atoms with Gasteiger partial charge in [-0.05, 0) is 145 Å². The lowest BCUT2D eigenvalue weighted by Gasteiger charge is -2.08. The summed E-state index contributed by atoms with van der Waals surface area (Å²) in [4.78, 5) is 12.1. The Bertz CT molecular complexity index is 4310. The summed E-state index contributed by atoms with van der Waals surface area (Å²) in [6.07, 6.45) is 0. The number of carbonyl (C=O) groups excluding carboxylic acids is 1. The van der Waals surface area contributed by atoms with E-state index < -0.39 is 0 Å². The van der Waals surface area contributed by atoms with E-state index in [2.05, 4.69) is 295 Å². The van der Waals surface area contributed by atoms with Gasteiger partial charge in [-0.1, -0.05) is 374 Å². The Labute approximate surface area is 583 Å². The van der Waals surface area contributed by atoms with Crippen molar-refractivity contribution in [2.45, 2.75) is 138 Å². The summed E-state index contributed by atoms with van der Waals surface area (Å²) in [7, 11) is 0. The van der Waals surface area contributed by atoms with E-state index >= 15 is 0 Å². The molecule has 0 spiro atoms. The average molecular weight is 1330 g/mol. The molecule has 12 aromatic carbocycles. The van der Waals surface area contributed by atoms with Gasteiger partial charge in [0.1, 0.15) is 22.7 Å². The molecule has 0 aliphatic carbocycles. The van der Waals surface area contributed by atoms with Gasteiger partial charge in [-0.3, -0.25) is 4.79 Å². The molecule has 0 saturated heterocycles. The number of para-hydroxylation sites is 3. The Morgan fingerprint density at radius 3 is 1.16 bits per heavy atom. The van der Waals surface area contributed by atoms with Crippen LogP contribution < -0.4 is 4.74 Å². The number of rotatable bonds is 12. The summed E-state index contributed by atoms with van der Waals surface area (Å²) in [5, 5.41) is 5.16. The van der Waals surface area contributed by atoms with E-state index in [-0.39, 0.29) is 5.78 Å². The molecule has 0 N–H and O–H groups in total. The summed E-state index contributed by atoms with van der Waals surface area (Å²) >= 11 is 3.39. The molecule has 4 heteroatoms. The van der Waals surface area contributed by atoms with Crippen molar-refractivity contribution in [1.82, 2.24) is 0 Å². The molecule has 0 radical (unpaired) electrons. The van der Waals surface area contributed by atoms with Gasteiger partial charge in [-0.25, -0.2) is 0 Å². The number of fused-ring (bicyclic) bond motifs is 4. The van der Waals surface area contributed by atoms with Gasteiger partial charge in [0.25, 0.3) is 0 Å². The Kier molecular flexibility index (Phi) is 29.5. The molecule has 96 heavy (non-hydrogen) atoms. The van der Waals surface area contributed by atoms with Crippen molar-refractivity contribution in [2.75, 3.05) is 0 Å². The predicted molar refractivity (Wildman–Crippen MR) is 418 cm³/mol. The fourth-order valence-electron chi connectivity index (χ4n) is 10.7. The zero-order chi connectivity index (χ0) is 68.9. The summed E-state index contributed by atoms with van der Waals surface area (Å²) in [5.74, 6) is 5.89. The van der Waals surface area contributed by atoms with Crippen LogP contribution in [0.5, 0.6) is 11.5 Å². The van der Waals surface area contributed by atoms with Crippen LogP contribution in [-0.2, 0) is 0 Å². The van der Waals surface area contributed by atoms with Gasteiger partial charge in [0, 0.05) is 26.4 Å². The third-order valence-electron chi connectivity index (χ3n) is 16.6. The monoisotopic (exact) mass is 1330 g/mol. The van der Waals surface area contributed by atoms with Crippen LogP contribution in [0.15, 0.2) is 312 Å². The zero-order valence-electron chi connectivity index (χ0n) is 59.0. The van der Waals surface area contributed by atoms with Crippen LogP contribution in [0.25, 0.3) is 43.8 Å². The van der Waals surface area contributed by atoms with E-state index in [0.717, 1.165) is 38.3 Å². The summed E-state index contributed by atoms with van der Waals surface area (Å²) < 4.78 is 12.8. The molecule has 0 atom stereocenters. The van der Waals surface area contributed by atoms with E-state index in [1.165, 1.54) is 71.6 Å². The third kappa shape index (κ3) is 23.0. The van der Waals surface area contributed by atoms with Gasteiger partial charge in [0.2, 0.25) is 0 Å². The van der Waals surface area contributed by atoms with Crippen molar-refractivity contribution in [3.05, 3.63) is 358 Å². The minimum atomic E-state index is 0.0842. The van der Waals surface area contributed by atoms with Crippen molar-refractivity contribution >= 4 is 54.4 Å². The lowest BCUT2D eigenvalue weighted by molar-refractivity contribution is 0.103. The fourth-order valence-corrected chi connectivity index (χ4v) is 10.9. The van der Waals surface area contributed by atoms with Gasteiger partial charge < -0.3 is 9.15 Å². The molecular weight excluding hydrogens is 1230 g/mol. The molecule has 0 unspecified atom stereocenters. The quantitative estimate of drug-likeness (QED) is 0.114. The maximum absolute atomic E-state index is 12.1. The molecule has 13 rings (SSSR count). The molecular formula is C92H99BrO3. The van der Waals surface area contributed by atoms with Crippen LogP contribution in [0, 0.1) is 0 Å². The van der Waals surface area contributed by atoms with Gasteiger partial charge in [0.05, 0.1) is 0 Å². The van der Waals surface area contributed by atoms with Crippen molar-refractivity contribution in [3.63, 3.8) is 0 Å². The molecule has 0 bridgehead atoms. The minimum Gasteiger partial charge on any atom is -0.457 e. The summed E-state index contributed by atoms with van der Waals surface area (Å²) in [6.45, 7) is 30.8. The maximum atomic E-state index is 12.1. The number of hydrogen-bond donors (Lipinski definition) is 0. The lowest BCUT2D eigenvalue weighted by Crippen LogP contribution is -2.01. The van der Waals surface area contributed by atoms with Gasteiger partial charge in [0.15, 0.2) is 5.78 Å². The lowest BCUT2D eigenvalue weighted by atomic mass is 9.96. The summed E-state index contributed by atoms with van der Waals surface area (Å²) in [6, 6.07) is 103. The second-order valence-electron chi connectivity index (χ2n) is 26.2. The number of hydrogen-bond acceptors (Lipinski definition) is 3. The first kappa shape index (κ1) is 74.1. The highest BCUT2D eigenvalue weighted by atomic mass is 79.9. The molecule has 0 saturated carbocycles. The van der Waals surface area contributed by atoms with Crippen LogP contribution in [-0.4, -0.2) is 5.78 Å². The smallest absolute Gasteiger partial charge is 0.193 e. The first-order valence-electron chi connectivity index (χ1n) is 34.1. The highest BCUT2D eigenvalue weighted by Gasteiger charge is 2.13. The molecule has 3 nitrogen and oxygen atoms in total. The van der Waals surface area contributed by atoms with E-state index in [1.807, 2.05) is 121 Å². The van der Waals surface area contributed by atoms with E-state index in [9.17, 15) is 4.79 Å². The van der Waals surface area contributed by atoms with E-state index in [0.29, 0.717) is 41.4 Å². The van der Waals surface area contributed by atoms with Crippen LogP contribution in [0.2, 0.25) is 0 Å². The molecule has 1 aromatic heterocycles. The van der Waals surface area contributed by atoms with E-state index in [1.54, 1.807) is 0 Å². The Hall–Kier alpha value is -9.35. The minimum absolute atomic E-state index is 0.0842. The highest BCUT2D eigenvalue weighted by molar-refractivity contribution is 9.10. The third-order valence-corrected chi connectivity index (χ3v) is 17.1. The SMILES string of the molecule is CC(C)c1ccc(-c2ccccc2)cc1.CC(C)c1ccc(Br)cc1.CC(C)c1ccc(C(=O)c2ccccc2)cc1.CC(C)c1ccc(Oc2ccccc2)cc1.CC(C)c1cccc2c1oc1ccccc12.CC(C)c1cccc2ccccc12.CC(C)c1ccccc1. The number of benzene rings is 12. The molecule has 1 heterocycles. The van der Waals surface area contributed by atoms with Crippen molar-refractivity contribution in [3.8, 4) is 22.6 Å². The Balaban J connectivity index is 0.000000160. The molecule has 13 aromatic rings. The largest absolute Gasteiger partial charge is 0.457 e. The standard InChI is InChI=1S/C16H16O.C15H14O.C15H16O.C15H16.C13H14.C9H11Br.C9H12/c1-12(2)13-8-10-15(11-9-13)16(17)14-6-4-3-5-7-14;1-10(2)11-7-5-8-13-12-6-3-4-9-14(12)16-15(11)13;1-12(2)13-8-10-15(11-9-13)16-14-6-4-3-5-7-14;1-12(2)13-8-10-15(11-9-13)14-6-4-3-5-7-14;1-10(2)12-9-5-7-11-6-3-4-8-13(11)12;1-7(2)8-3-5-9(10)6-4-8;1-8(2)9-6-4-3-5-7-9/h3-12H,1-2H3;3-10H,1-2H3;3-12H,1-2H3;3-12H,1-2H3;3-10H,1-2H3;3-7H,1-2H3;3-8H,1-2H3. The summed E-state index contributed by atoms with van der Waals surface area (Å²) in [5.41, 5.74) is 15.6. The molecule has 0 aliphatic heterocycles. The number of carbonyl (C=O) groups is 1. The van der Waals surface area contributed by atoms with Crippen LogP contribution in [0.4, 0.5) is 0 Å². The maximum Gasteiger partial charge on any atom is 0.193 e. The number of ether oxygens (including phenoxy) is 1. The molecule has 0 amide bonds. The van der Waals surface area contributed by atoms with Gasteiger partial charge in [-0.2, -0.15) is 0 Å². The van der Waals surface area contributed by atoms with Crippen LogP contribution >= 0.6 is 15.9 Å². The molecule has 492 valence electrons. The van der Waals surface area contributed by atoms with Crippen molar-refractivity contribution in [1.29, 1.82) is 0 Å². The van der Waals surface area contributed by atoms with E-state index in [4.69, 9.17) is 9.15 Å². The zero-order valence-corrected chi connectivity index (χ0v) is 60.6. The van der Waals surface area contributed by atoms with Crippen molar-refractivity contribution in [2.24, 2.45) is 0 Å².